The van der Waals surface area contributed by atoms with E-state index in [9.17, 15) is 4.79 Å². The Hall–Kier alpha value is -1.30. The number of hydrogen-bond donors (Lipinski definition) is 2. The first-order valence-electron chi connectivity index (χ1n) is 7.21. The largest absolute Gasteiger partial charge is 0.384 e. The Morgan fingerprint density at radius 2 is 2.29 bits per heavy atom. The van der Waals surface area contributed by atoms with E-state index in [1.165, 1.54) is 0 Å². The third-order valence-electron chi connectivity index (χ3n) is 3.17. The molecule has 0 aliphatic carbocycles. The van der Waals surface area contributed by atoms with Crippen LogP contribution in [0.4, 0.5) is 5.69 Å². The summed E-state index contributed by atoms with van der Waals surface area (Å²) >= 11 is 5.99. The van der Waals surface area contributed by atoms with Gasteiger partial charge in [0, 0.05) is 23.8 Å². The van der Waals surface area contributed by atoms with E-state index in [4.69, 9.17) is 21.1 Å². The normalized spacial score (nSPS) is 18.3. The lowest BCUT2D eigenvalue weighted by atomic mass is 10.1. The van der Waals surface area contributed by atoms with E-state index in [0.717, 1.165) is 18.7 Å². The average Bonchev–Trinajstić information content (AvgIpc) is 2.52. The third-order valence-corrected chi connectivity index (χ3v) is 3.40. The molecule has 0 aromatic heterocycles. The summed E-state index contributed by atoms with van der Waals surface area (Å²) in [6, 6.07) is 5.27. The quantitative estimate of drug-likeness (QED) is 0.846. The van der Waals surface area contributed by atoms with E-state index >= 15 is 0 Å². The summed E-state index contributed by atoms with van der Waals surface area (Å²) in [7, 11) is 0. The van der Waals surface area contributed by atoms with E-state index in [2.05, 4.69) is 17.6 Å². The number of halogens is 1. The van der Waals surface area contributed by atoms with Gasteiger partial charge in [0.05, 0.1) is 31.5 Å². The van der Waals surface area contributed by atoms with Crippen molar-refractivity contribution in [2.75, 3.05) is 38.2 Å². The lowest BCUT2D eigenvalue weighted by molar-refractivity contribution is -0.0855. The molecule has 1 atom stereocenters. The number of amides is 1. The maximum absolute atomic E-state index is 12.3. The van der Waals surface area contributed by atoms with Crippen LogP contribution in [0, 0.1) is 0 Å². The Labute approximate surface area is 130 Å². The highest BCUT2D eigenvalue weighted by Gasteiger charge is 2.17. The van der Waals surface area contributed by atoms with Crippen LogP contribution in [0.2, 0.25) is 5.02 Å². The van der Waals surface area contributed by atoms with Crippen molar-refractivity contribution in [2.24, 2.45) is 0 Å². The van der Waals surface area contributed by atoms with Crippen LogP contribution in [-0.4, -0.2) is 44.9 Å². The summed E-state index contributed by atoms with van der Waals surface area (Å²) in [6.45, 7) is 5.00. The lowest BCUT2D eigenvalue weighted by Gasteiger charge is -2.23. The second-order valence-electron chi connectivity index (χ2n) is 4.89. The number of hydrogen-bond acceptors (Lipinski definition) is 4. The van der Waals surface area contributed by atoms with Gasteiger partial charge in [0.2, 0.25) is 0 Å². The summed E-state index contributed by atoms with van der Waals surface area (Å²) in [4.78, 5) is 12.3. The molecule has 1 aliphatic rings. The minimum absolute atomic E-state index is 0.0889. The van der Waals surface area contributed by atoms with Gasteiger partial charge in [-0.05, 0) is 24.6 Å². The molecule has 1 amide bonds. The van der Waals surface area contributed by atoms with E-state index in [-0.39, 0.29) is 12.0 Å². The molecule has 0 bridgehead atoms. The second-order valence-corrected chi connectivity index (χ2v) is 5.33. The van der Waals surface area contributed by atoms with Crippen LogP contribution in [-0.2, 0) is 9.47 Å². The predicted molar refractivity (Wildman–Crippen MR) is 83.1 cm³/mol. The highest BCUT2D eigenvalue weighted by Crippen LogP contribution is 2.20. The fraction of sp³-hybridized carbons (Fsp3) is 0.533. The summed E-state index contributed by atoms with van der Waals surface area (Å²) in [5.41, 5.74) is 1.34. The van der Waals surface area contributed by atoms with Crippen molar-refractivity contribution in [3.05, 3.63) is 28.8 Å². The number of rotatable bonds is 6. The van der Waals surface area contributed by atoms with E-state index < -0.39 is 0 Å². The molecule has 5 nitrogen and oxygen atoms in total. The van der Waals surface area contributed by atoms with Gasteiger partial charge in [0.25, 0.3) is 5.91 Å². The number of benzene rings is 1. The first-order chi connectivity index (χ1) is 10.2. The van der Waals surface area contributed by atoms with Crippen molar-refractivity contribution in [1.29, 1.82) is 0 Å². The molecule has 116 valence electrons. The topological polar surface area (TPSA) is 59.6 Å². The molecule has 0 saturated carbocycles. The molecule has 0 spiro atoms. The van der Waals surface area contributed by atoms with Gasteiger partial charge in [-0.2, -0.15) is 0 Å². The SMILES string of the molecule is CCCNc1ccc(Cl)cc1C(=O)NCC1COCCO1. The molecule has 1 unspecified atom stereocenters. The van der Waals surface area contributed by atoms with Crippen LogP contribution < -0.4 is 10.6 Å². The zero-order chi connectivity index (χ0) is 15.1. The lowest BCUT2D eigenvalue weighted by Crippen LogP contribution is -2.39. The average molecular weight is 313 g/mol. The molecule has 0 radical (unpaired) electrons. The first kappa shape index (κ1) is 16.1. The number of nitrogens with one attached hydrogen (secondary N) is 2. The molecule has 1 aromatic rings. The molecule has 1 aliphatic heterocycles. The molecular formula is C15H21ClN2O3. The Morgan fingerprint density at radius 1 is 1.43 bits per heavy atom. The fourth-order valence-electron chi connectivity index (χ4n) is 2.07. The maximum Gasteiger partial charge on any atom is 0.253 e. The van der Waals surface area contributed by atoms with Crippen LogP contribution in [0.3, 0.4) is 0 Å². The van der Waals surface area contributed by atoms with Gasteiger partial charge in [-0.15, -0.1) is 0 Å². The molecule has 2 N–H and O–H groups in total. The molecule has 6 heteroatoms. The number of carbonyl (C=O) groups excluding carboxylic acids is 1. The standard InChI is InChI=1S/C15H21ClN2O3/c1-2-5-17-14-4-3-11(16)8-13(14)15(19)18-9-12-10-20-6-7-21-12/h3-4,8,12,17H,2,5-7,9-10H2,1H3,(H,18,19). The summed E-state index contributed by atoms with van der Waals surface area (Å²) in [6.07, 6.45) is 0.894. The molecule has 2 rings (SSSR count). The van der Waals surface area contributed by atoms with E-state index in [1.54, 1.807) is 12.1 Å². The van der Waals surface area contributed by atoms with Crippen molar-refractivity contribution in [3.63, 3.8) is 0 Å². The van der Waals surface area contributed by atoms with Crippen molar-refractivity contribution in [1.82, 2.24) is 5.32 Å². The van der Waals surface area contributed by atoms with Crippen LogP contribution in [0.25, 0.3) is 0 Å². The van der Waals surface area contributed by atoms with Crippen molar-refractivity contribution in [3.8, 4) is 0 Å². The Balaban J connectivity index is 1.97. The Kier molecular flexibility index (Phi) is 6.29. The van der Waals surface area contributed by atoms with Crippen LogP contribution >= 0.6 is 11.6 Å². The van der Waals surface area contributed by atoms with Gasteiger partial charge >= 0.3 is 0 Å². The smallest absolute Gasteiger partial charge is 0.253 e. The summed E-state index contributed by atoms with van der Waals surface area (Å²) in [5.74, 6) is -0.162. The van der Waals surface area contributed by atoms with Gasteiger partial charge in [-0.1, -0.05) is 18.5 Å². The molecule has 1 fully saturated rings. The number of anilines is 1. The third kappa shape index (κ3) is 4.88. The molecule has 21 heavy (non-hydrogen) atoms. The highest BCUT2D eigenvalue weighted by molar-refractivity contribution is 6.31. The fourth-order valence-corrected chi connectivity index (χ4v) is 2.25. The van der Waals surface area contributed by atoms with Crippen molar-refractivity contribution >= 4 is 23.2 Å². The Morgan fingerprint density at radius 3 is 3.00 bits per heavy atom. The van der Waals surface area contributed by atoms with E-state index in [0.29, 0.717) is 37.0 Å². The molecular weight excluding hydrogens is 292 g/mol. The predicted octanol–water partition coefficient (Wildman–Crippen LogP) is 2.31. The minimum atomic E-state index is -0.162. The van der Waals surface area contributed by atoms with E-state index in [1.807, 2.05) is 6.07 Å². The van der Waals surface area contributed by atoms with Gasteiger partial charge in [-0.25, -0.2) is 0 Å². The Bertz CT molecular complexity index is 476. The minimum Gasteiger partial charge on any atom is -0.384 e. The van der Waals surface area contributed by atoms with Gasteiger partial charge in [0.15, 0.2) is 0 Å². The highest BCUT2D eigenvalue weighted by atomic mass is 35.5. The van der Waals surface area contributed by atoms with Crippen molar-refractivity contribution in [2.45, 2.75) is 19.4 Å². The van der Waals surface area contributed by atoms with Gasteiger partial charge in [-0.3, -0.25) is 4.79 Å². The second kappa shape index (κ2) is 8.22. The van der Waals surface area contributed by atoms with Crippen molar-refractivity contribution < 1.29 is 14.3 Å². The monoisotopic (exact) mass is 312 g/mol. The summed E-state index contributed by atoms with van der Waals surface area (Å²) in [5, 5.41) is 6.64. The first-order valence-corrected chi connectivity index (χ1v) is 7.59. The van der Waals surface area contributed by atoms with Gasteiger partial charge in [0.1, 0.15) is 0 Å². The number of ether oxygens (including phenoxy) is 2. The van der Waals surface area contributed by atoms with Gasteiger partial charge < -0.3 is 20.1 Å². The molecule has 1 aromatic carbocycles. The molecule has 1 heterocycles. The van der Waals surface area contributed by atoms with Crippen LogP contribution in [0.15, 0.2) is 18.2 Å². The zero-order valence-corrected chi connectivity index (χ0v) is 12.9. The maximum atomic E-state index is 12.3. The van der Waals surface area contributed by atoms with Crippen LogP contribution in [0.5, 0.6) is 0 Å². The summed E-state index contributed by atoms with van der Waals surface area (Å²) < 4.78 is 10.8. The molecule has 1 saturated heterocycles. The van der Waals surface area contributed by atoms with Crippen LogP contribution in [0.1, 0.15) is 23.7 Å². The zero-order valence-electron chi connectivity index (χ0n) is 12.2. The number of carbonyl (C=O) groups is 1.